The number of thiazole rings is 1. The number of nitrogens with one attached hydrogen (secondary N) is 1. The molecule has 0 bridgehead atoms. The summed E-state index contributed by atoms with van der Waals surface area (Å²) in [5, 5.41) is 3.43. The lowest BCUT2D eigenvalue weighted by Gasteiger charge is -2.06. The number of ether oxygens (including phenoxy) is 1. The van der Waals surface area contributed by atoms with Crippen LogP contribution in [0.3, 0.4) is 0 Å². The fourth-order valence-electron chi connectivity index (χ4n) is 2.43. The van der Waals surface area contributed by atoms with Crippen LogP contribution in [-0.2, 0) is 4.79 Å². The van der Waals surface area contributed by atoms with E-state index in [9.17, 15) is 4.79 Å². The Morgan fingerprint density at radius 3 is 2.67 bits per heavy atom. The number of carbonyl (C=O) groups excluding carboxylic acids is 1. The molecule has 24 heavy (non-hydrogen) atoms. The summed E-state index contributed by atoms with van der Waals surface area (Å²) >= 11 is 1.48. The van der Waals surface area contributed by atoms with Crippen molar-refractivity contribution in [2.24, 2.45) is 0 Å². The van der Waals surface area contributed by atoms with Crippen molar-refractivity contribution >= 4 is 32.6 Å². The molecular formula is C19H20N2O2S. The average Bonchev–Trinajstić information content (AvgIpc) is 2.96. The maximum Gasteiger partial charge on any atom is 0.264 e. The van der Waals surface area contributed by atoms with Gasteiger partial charge in [0.25, 0.3) is 5.91 Å². The topological polar surface area (TPSA) is 51.2 Å². The first-order valence-corrected chi connectivity index (χ1v) is 8.73. The molecule has 0 radical (unpaired) electrons. The number of rotatable bonds is 5. The third-order valence-corrected chi connectivity index (χ3v) is 4.65. The minimum Gasteiger partial charge on any atom is -0.484 e. The van der Waals surface area contributed by atoms with Gasteiger partial charge >= 0.3 is 0 Å². The number of anilines is 1. The minimum absolute atomic E-state index is 0.0317. The molecule has 0 fully saturated rings. The molecule has 2 aromatic carbocycles. The van der Waals surface area contributed by atoms with Crippen LogP contribution >= 0.6 is 11.3 Å². The summed E-state index contributed by atoms with van der Waals surface area (Å²) in [6, 6.07) is 13.8. The van der Waals surface area contributed by atoms with Crippen LogP contribution in [0.2, 0.25) is 0 Å². The second kappa shape index (κ2) is 7.01. The van der Waals surface area contributed by atoms with Crippen molar-refractivity contribution in [2.45, 2.75) is 26.7 Å². The van der Waals surface area contributed by atoms with Gasteiger partial charge in [-0.1, -0.05) is 55.0 Å². The molecule has 4 nitrogen and oxygen atoms in total. The van der Waals surface area contributed by atoms with Crippen molar-refractivity contribution in [3.8, 4) is 5.75 Å². The van der Waals surface area contributed by atoms with Gasteiger partial charge in [0.2, 0.25) is 0 Å². The van der Waals surface area contributed by atoms with E-state index in [0.29, 0.717) is 16.8 Å². The molecule has 1 N–H and O–H groups in total. The highest BCUT2D eigenvalue weighted by Crippen LogP contribution is 2.31. The van der Waals surface area contributed by atoms with Gasteiger partial charge in [0.05, 0.1) is 10.2 Å². The standard InChI is InChI=1S/C19H20N2O2S/c1-12(2)15-5-4-6-16-18(15)21-19(24-16)20-17(22)11-23-14-9-7-13(3)8-10-14/h4-10,12H,11H2,1-3H3,(H,20,21,22). The third kappa shape index (κ3) is 3.74. The average molecular weight is 340 g/mol. The SMILES string of the molecule is Cc1ccc(OCC(=O)Nc2nc3c(C(C)C)cccc3s2)cc1. The van der Waals surface area contributed by atoms with Gasteiger partial charge in [0, 0.05) is 0 Å². The summed E-state index contributed by atoms with van der Waals surface area (Å²) in [5.41, 5.74) is 3.31. The zero-order chi connectivity index (χ0) is 17.1. The number of fused-ring (bicyclic) bond motifs is 1. The van der Waals surface area contributed by atoms with Crippen molar-refractivity contribution in [1.29, 1.82) is 0 Å². The molecule has 0 saturated heterocycles. The first-order chi connectivity index (χ1) is 11.5. The molecule has 3 aromatic rings. The van der Waals surface area contributed by atoms with E-state index < -0.39 is 0 Å². The Bertz CT molecular complexity index is 853. The van der Waals surface area contributed by atoms with Crippen LogP contribution in [0.15, 0.2) is 42.5 Å². The molecule has 1 aromatic heterocycles. The molecule has 0 saturated carbocycles. The highest BCUT2D eigenvalue weighted by atomic mass is 32.1. The van der Waals surface area contributed by atoms with E-state index in [1.54, 1.807) is 0 Å². The number of para-hydroxylation sites is 1. The fraction of sp³-hybridized carbons (Fsp3) is 0.263. The lowest BCUT2D eigenvalue weighted by Crippen LogP contribution is -2.20. The van der Waals surface area contributed by atoms with Crippen LogP contribution in [0.4, 0.5) is 5.13 Å². The van der Waals surface area contributed by atoms with E-state index >= 15 is 0 Å². The van der Waals surface area contributed by atoms with Crippen LogP contribution in [-0.4, -0.2) is 17.5 Å². The largest absolute Gasteiger partial charge is 0.484 e. The molecule has 1 amide bonds. The van der Waals surface area contributed by atoms with Gasteiger partial charge in [-0.25, -0.2) is 4.98 Å². The predicted octanol–water partition coefficient (Wildman–Crippen LogP) is 4.75. The highest BCUT2D eigenvalue weighted by Gasteiger charge is 2.12. The van der Waals surface area contributed by atoms with E-state index in [-0.39, 0.29) is 12.5 Å². The Hall–Kier alpha value is -2.40. The Morgan fingerprint density at radius 1 is 1.21 bits per heavy atom. The van der Waals surface area contributed by atoms with Crippen LogP contribution in [0, 0.1) is 6.92 Å². The van der Waals surface area contributed by atoms with Gasteiger partial charge in [-0.15, -0.1) is 0 Å². The zero-order valence-electron chi connectivity index (χ0n) is 14.0. The maximum atomic E-state index is 12.1. The number of aromatic nitrogens is 1. The summed E-state index contributed by atoms with van der Waals surface area (Å²) in [6.07, 6.45) is 0. The first kappa shape index (κ1) is 16.5. The van der Waals surface area contributed by atoms with E-state index in [1.165, 1.54) is 16.9 Å². The monoisotopic (exact) mass is 340 g/mol. The molecule has 3 rings (SSSR count). The number of carbonyl (C=O) groups is 1. The molecule has 0 spiro atoms. The third-order valence-electron chi connectivity index (χ3n) is 3.71. The van der Waals surface area contributed by atoms with E-state index in [1.807, 2.05) is 43.3 Å². The number of hydrogen-bond donors (Lipinski definition) is 1. The van der Waals surface area contributed by atoms with Gasteiger partial charge in [0.1, 0.15) is 5.75 Å². The molecular weight excluding hydrogens is 320 g/mol. The summed E-state index contributed by atoms with van der Waals surface area (Å²) in [6.45, 7) is 6.26. The maximum absolute atomic E-state index is 12.1. The Kier molecular flexibility index (Phi) is 4.81. The van der Waals surface area contributed by atoms with Gasteiger partial charge in [-0.05, 0) is 36.6 Å². The van der Waals surface area contributed by atoms with Crippen molar-refractivity contribution < 1.29 is 9.53 Å². The predicted molar refractivity (Wildman–Crippen MR) is 99.0 cm³/mol. The summed E-state index contributed by atoms with van der Waals surface area (Å²) < 4.78 is 6.58. The summed E-state index contributed by atoms with van der Waals surface area (Å²) in [4.78, 5) is 16.7. The minimum atomic E-state index is -0.208. The van der Waals surface area contributed by atoms with Gasteiger partial charge in [-0.2, -0.15) is 0 Å². The molecule has 0 unspecified atom stereocenters. The lowest BCUT2D eigenvalue weighted by atomic mass is 10.0. The van der Waals surface area contributed by atoms with Crippen LogP contribution < -0.4 is 10.1 Å². The second-order valence-corrected chi connectivity index (χ2v) is 7.05. The Balaban J connectivity index is 1.67. The fourth-order valence-corrected chi connectivity index (χ4v) is 3.34. The van der Waals surface area contributed by atoms with Crippen LogP contribution in [0.25, 0.3) is 10.2 Å². The molecule has 0 aliphatic rings. The number of aryl methyl sites for hydroxylation is 1. The molecule has 0 aliphatic heterocycles. The normalized spacial score (nSPS) is 11.0. The first-order valence-electron chi connectivity index (χ1n) is 7.91. The van der Waals surface area contributed by atoms with Gasteiger partial charge in [0.15, 0.2) is 11.7 Å². The zero-order valence-corrected chi connectivity index (χ0v) is 14.8. The molecule has 0 aliphatic carbocycles. The van der Waals surface area contributed by atoms with Crippen molar-refractivity contribution in [2.75, 3.05) is 11.9 Å². The van der Waals surface area contributed by atoms with Gasteiger partial charge in [-0.3, -0.25) is 10.1 Å². The van der Waals surface area contributed by atoms with Gasteiger partial charge < -0.3 is 4.74 Å². The quantitative estimate of drug-likeness (QED) is 0.729. The second-order valence-electron chi connectivity index (χ2n) is 6.02. The molecule has 124 valence electrons. The van der Waals surface area contributed by atoms with Crippen LogP contribution in [0.1, 0.15) is 30.9 Å². The van der Waals surface area contributed by atoms with E-state index in [2.05, 4.69) is 30.2 Å². The smallest absolute Gasteiger partial charge is 0.264 e. The van der Waals surface area contributed by atoms with Crippen molar-refractivity contribution in [3.05, 3.63) is 53.6 Å². The summed E-state index contributed by atoms with van der Waals surface area (Å²) in [5.74, 6) is 0.868. The molecule has 5 heteroatoms. The Morgan fingerprint density at radius 2 is 1.96 bits per heavy atom. The number of benzene rings is 2. The summed E-state index contributed by atoms with van der Waals surface area (Å²) in [7, 11) is 0. The number of amides is 1. The van der Waals surface area contributed by atoms with E-state index in [4.69, 9.17) is 4.74 Å². The molecule has 0 atom stereocenters. The lowest BCUT2D eigenvalue weighted by molar-refractivity contribution is -0.118. The molecule has 1 heterocycles. The Labute approximate surface area is 145 Å². The number of nitrogens with zero attached hydrogens (tertiary/aromatic N) is 1. The highest BCUT2D eigenvalue weighted by molar-refractivity contribution is 7.22. The number of hydrogen-bond acceptors (Lipinski definition) is 4. The van der Waals surface area contributed by atoms with Crippen molar-refractivity contribution in [3.63, 3.8) is 0 Å². The van der Waals surface area contributed by atoms with Crippen LogP contribution in [0.5, 0.6) is 5.75 Å². The van der Waals surface area contributed by atoms with E-state index in [0.717, 1.165) is 15.8 Å². The van der Waals surface area contributed by atoms with Crippen molar-refractivity contribution in [1.82, 2.24) is 4.98 Å².